The number of nitrogens with zero attached hydrogens (tertiary/aromatic N) is 2. The van der Waals surface area contributed by atoms with Gasteiger partial charge in [-0.1, -0.05) is 6.07 Å². The van der Waals surface area contributed by atoms with Crippen LogP contribution in [-0.2, 0) is 9.59 Å². The van der Waals surface area contributed by atoms with E-state index >= 15 is 0 Å². The molecular weight excluding hydrogens is 344 g/mol. The van der Waals surface area contributed by atoms with Crippen molar-refractivity contribution in [2.24, 2.45) is 0 Å². The van der Waals surface area contributed by atoms with Gasteiger partial charge in [0.25, 0.3) is 0 Å². The molecule has 2 aliphatic rings. The molecule has 0 aromatic heterocycles. The largest absolute Gasteiger partial charge is 0.497 e. The summed E-state index contributed by atoms with van der Waals surface area (Å²) in [6.07, 6.45) is 3.72. The lowest BCUT2D eigenvalue weighted by Gasteiger charge is -2.42. The molecule has 148 valence electrons. The second-order valence-electron chi connectivity index (χ2n) is 8.20. The first kappa shape index (κ1) is 19.5. The molecular formula is C21H30N2O4. The van der Waals surface area contributed by atoms with Crippen molar-refractivity contribution >= 4 is 17.6 Å². The number of carboxylic acid groups (broad SMARTS) is 1. The number of rotatable bonds is 6. The van der Waals surface area contributed by atoms with Crippen LogP contribution in [0.25, 0.3) is 0 Å². The van der Waals surface area contributed by atoms with Crippen LogP contribution in [0.15, 0.2) is 24.3 Å². The highest BCUT2D eigenvalue weighted by Crippen LogP contribution is 2.44. The number of hydrogen-bond acceptors (Lipinski definition) is 4. The van der Waals surface area contributed by atoms with Crippen molar-refractivity contribution in [3.05, 3.63) is 24.3 Å². The Morgan fingerprint density at radius 2 is 2.04 bits per heavy atom. The van der Waals surface area contributed by atoms with Crippen LogP contribution in [0, 0.1) is 0 Å². The summed E-state index contributed by atoms with van der Waals surface area (Å²) in [5, 5.41) is 8.82. The minimum atomic E-state index is -0.842. The minimum Gasteiger partial charge on any atom is -0.497 e. The molecule has 0 saturated carbocycles. The summed E-state index contributed by atoms with van der Waals surface area (Å²) < 4.78 is 5.40. The number of likely N-dealkylation sites (tertiary alicyclic amines) is 1. The zero-order valence-electron chi connectivity index (χ0n) is 16.5. The topological polar surface area (TPSA) is 70.1 Å². The summed E-state index contributed by atoms with van der Waals surface area (Å²) in [7, 11) is 1.68. The van der Waals surface area contributed by atoms with Crippen molar-refractivity contribution in [2.75, 3.05) is 18.6 Å². The minimum absolute atomic E-state index is 0.0507. The third-order valence-corrected chi connectivity index (χ3v) is 5.87. The fourth-order valence-corrected chi connectivity index (χ4v) is 4.79. The molecule has 0 spiro atoms. The Morgan fingerprint density at radius 3 is 2.74 bits per heavy atom. The van der Waals surface area contributed by atoms with E-state index in [0.29, 0.717) is 12.8 Å². The van der Waals surface area contributed by atoms with Crippen LogP contribution in [0.2, 0.25) is 0 Å². The predicted octanol–water partition coefficient (Wildman–Crippen LogP) is 3.30. The van der Waals surface area contributed by atoms with Gasteiger partial charge in [-0.25, -0.2) is 0 Å². The average molecular weight is 374 g/mol. The van der Waals surface area contributed by atoms with Crippen LogP contribution in [0.5, 0.6) is 5.75 Å². The fourth-order valence-electron chi connectivity index (χ4n) is 4.79. The number of carbonyl (C=O) groups is 2. The molecule has 27 heavy (non-hydrogen) atoms. The molecule has 2 heterocycles. The monoisotopic (exact) mass is 374 g/mol. The Bertz CT molecular complexity index is 703. The third kappa shape index (κ3) is 4.04. The summed E-state index contributed by atoms with van der Waals surface area (Å²) in [5.74, 6) is 0.0870. The van der Waals surface area contributed by atoms with Crippen LogP contribution in [-0.4, -0.2) is 53.2 Å². The molecule has 0 radical (unpaired) electrons. The maximum atomic E-state index is 12.8. The molecule has 6 heteroatoms. The lowest BCUT2D eigenvalue weighted by Crippen LogP contribution is -2.52. The van der Waals surface area contributed by atoms with Crippen LogP contribution >= 0.6 is 0 Å². The smallest absolute Gasteiger partial charge is 0.303 e. The van der Waals surface area contributed by atoms with E-state index in [1.54, 1.807) is 7.11 Å². The molecule has 2 fully saturated rings. The molecule has 0 aliphatic carbocycles. The van der Waals surface area contributed by atoms with Crippen LogP contribution in [0.3, 0.4) is 0 Å². The van der Waals surface area contributed by atoms with E-state index in [1.807, 2.05) is 17.0 Å². The fraction of sp³-hybridized carbons (Fsp3) is 0.619. The van der Waals surface area contributed by atoms with E-state index in [9.17, 15) is 9.59 Å². The van der Waals surface area contributed by atoms with Gasteiger partial charge in [0, 0.05) is 36.7 Å². The number of fused-ring (bicyclic) bond motifs is 1. The van der Waals surface area contributed by atoms with E-state index in [4.69, 9.17) is 9.84 Å². The lowest BCUT2D eigenvalue weighted by molar-refractivity contribution is -0.137. The molecule has 3 rings (SSSR count). The zero-order valence-corrected chi connectivity index (χ0v) is 16.5. The van der Waals surface area contributed by atoms with Gasteiger partial charge >= 0.3 is 5.97 Å². The van der Waals surface area contributed by atoms with Crippen LogP contribution in [0.1, 0.15) is 52.4 Å². The number of carboxylic acids is 1. The van der Waals surface area contributed by atoms with Gasteiger partial charge in [0.05, 0.1) is 19.2 Å². The lowest BCUT2D eigenvalue weighted by atomic mass is 9.93. The molecule has 2 atom stereocenters. The predicted molar refractivity (Wildman–Crippen MR) is 104 cm³/mol. The van der Waals surface area contributed by atoms with Crippen molar-refractivity contribution in [1.82, 2.24) is 4.90 Å². The van der Waals surface area contributed by atoms with E-state index < -0.39 is 5.97 Å². The second-order valence-corrected chi connectivity index (χ2v) is 8.20. The third-order valence-electron chi connectivity index (χ3n) is 5.87. The first-order valence-electron chi connectivity index (χ1n) is 9.78. The van der Waals surface area contributed by atoms with Crippen molar-refractivity contribution in [3.8, 4) is 5.75 Å². The molecule has 0 bridgehead atoms. The molecule has 1 aromatic rings. The standard InChI is InChI=1S/C21H30N2O4/c1-21(2)14-18-17(23(21)15-7-4-8-16(13-15)27-3)9-6-12-22(18)19(24)10-5-11-20(25)26/h4,7-8,13,17-18H,5-6,9-12,14H2,1-3H3,(H,25,26)/t17-,18-/m0/s1. The van der Waals surface area contributed by atoms with Gasteiger partial charge in [0.2, 0.25) is 5.91 Å². The Hall–Kier alpha value is -2.24. The Labute approximate surface area is 161 Å². The average Bonchev–Trinajstić information content (AvgIpc) is 2.90. The highest BCUT2D eigenvalue weighted by atomic mass is 16.5. The first-order chi connectivity index (χ1) is 12.8. The van der Waals surface area contributed by atoms with E-state index in [0.717, 1.165) is 37.2 Å². The number of carbonyl (C=O) groups excluding carboxylic acids is 1. The van der Waals surface area contributed by atoms with Crippen LogP contribution < -0.4 is 9.64 Å². The molecule has 2 aliphatic heterocycles. The number of ether oxygens (including phenoxy) is 1. The molecule has 1 amide bonds. The molecule has 2 saturated heterocycles. The van der Waals surface area contributed by atoms with E-state index in [2.05, 4.69) is 30.9 Å². The Morgan fingerprint density at radius 1 is 1.26 bits per heavy atom. The molecule has 0 unspecified atom stereocenters. The van der Waals surface area contributed by atoms with Gasteiger partial charge in [-0.05, 0) is 51.7 Å². The Kier molecular flexibility index (Phi) is 5.63. The highest BCUT2D eigenvalue weighted by Gasteiger charge is 2.50. The van der Waals surface area contributed by atoms with Crippen LogP contribution in [0.4, 0.5) is 5.69 Å². The second kappa shape index (κ2) is 7.79. The van der Waals surface area contributed by atoms with Crippen molar-refractivity contribution in [1.29, 1.82) is 0 Å². The number of aliphatic carboxylic acids is 1. The normalized spacial score (nSPS) is 23.8. The first-order valence-corrected chi connectivity index (χ1v) is 9.78. The highest BCUT2D eigenvalue weighted by molar-refractivity contribution is 5.78. The summed E-state index contributed by atoms with van der Waals surface area (Å²) in [6.45, 7) is 5.24. The summed E-state index contributed by atoms with van der Waals surface area (Å²) in [5.41, 5.74) is 1.07. The number of benzene rings is 1. The van der Waals surface area contributed by atoms with Gasteiger partial charge in [0.1, 0.15) is 5.75 Å². The van der Waals surface area contributed by atoms with Gasteiger partial charge in [0.15, 0.2) is 0 Å². The van der Waals surface area contributed by atoms with Crippen molar-refractivity contribution in [3.63, 3.8) is 0 Å². The molecule has 6 nitrogen and oxygen atoms in total. The van der Waals surface area contributed by atoms with Gasteiger partial charge in [-0.2, -0.15) is 0 Å². The van der Waals surface area contributed by atoms with Crippen molar-refractivity contribution < 1.29 is 19.4 Å². The molecule has 1 aromatic carbocycles. The number of anilines is 1. The van der Waals surface area contributed by atoms with E-state index in [1.165, 1.54) is 0 Å². The van der Waals surface area contributed by atoms with Gasteiger partial charge in [-0.15, -0.1) is 0 Å². The summed E-state index contributed by atoms with van der Waals surface area (Å²) in [4.78, 5) is 28.0. The van der Waals surface area contributed by atoms with Gasteiger partial charge in [-0.3, -0.25) is 9.59 Å². The number of piperidine rings is 1. The zero-order chi connectivity index (χ0) is 19.6. The number of methoxy groups -OCH3 is 1. The van der Waals surface area contributed by atoms with Gasteiger partial charge < -0.3 is 19.6 Å². The number of hydrogen-bond donors (Lipinski definition) is 1. The maximum absolute atomic E-state index is 12.8. The quantitative estimate of drug-likeness (QED) is 0.827. The summed E-state index contributed by atoms with van der Waals surface area (Å²) in [6, 6.07) is 8.60. The number of amides is 1. The molecule has 1 N–H and O–H groups in total. The Balaban J connectivity index is 1.80. The summed E-state index contributed by atoms with van der Waals surface area (Å²) >= 11 is 0. The van der Waals surface area contributed by atoms with E-state index in [-0.39, 0.29) is 30.0 Å². The SMILES string of the molecule is COc1cccc(N2[C@H]3CCCN(C(=O)CCCC(=O)O)[C@H]3CC2(C)C)c1. The van der Waals surface area contributed by atoms with Crippen molar-refractivity contribution in [2.45, 2.75) is 70.0 Å². The maximum Gasteiger partial charge on any atom is 0.303 e.